The molecule has 0 saturated heterocycles. The second kappa shape index (κ2) is 19.3. The molecule has 0 unspecified atom stereocenters. The summed E-state index contributed by atoms with van der Waals surface area (Å²) in [5, 5.41) is 40.0. The minimum Gasteiger partial charge on any atom is -0.550 e. The van der Waals surface area contributed by atoms with Gasteiger partial charge in [-0.1, -0.05) is 6.92 Å². The van der Waals surface area contributed by atoms with Crippen molar-refractivity contribution in [3.05, 3.63) is 0 Å². The molecule has 0 spiro atoms. The Bertz CT molecular complexity index is 781. The molecular formula is C26H51N3O11. The summed E-state index contributed by atoms with van der Waals surface area (Å²) in [4.78, 5) is 52.6. The number of quaternary nitrogens is 3. The van der Waals surface area contributed by atoms with Gasteiger partial charge in [0.2, 0.25) is 0 Å². The van der Waals surface area contributed by atoms with Gasteiger partial charge in [-0.05, 0) is 0 Å². The summed E-state index contributed by atoms with van der Waals surface area (Å²) in [7, 11) is 17.1. The van der Waals surface area contributed by atoms with E-state index in [0.717, 1.165) is 0 Å². The highest BCUT2D eigenvalue weighted by Crippen LogP contribution is 2.06. The summed E-state index contributed by atoms with van der Waals surface area (Å²) < 4.78 is 11.5. The van der Waals surface area contributed by atoms with Crippen molar-refractivity contribution in [3.8, 4) is 0 Å². The van der Waals surface area contributed by atoms with Crippen molar-refractivity contribution in [2.24, 2.45) is 0 Å². The van der Waals surface area contributed by atoms with Crippen LogP contribution in [0.15, 0.2) is 0 Å². The van der Waals surface area contributed by atoms with E-state index in [0.29, 0.717) is 33.1 Å². The predicted octanol–water partition coefficient (Wildman–Crippen LogP) is -3.89. The summed E-state index contributed by atoms with van der Waals surface area (Å²) in [6, 6.07) is 0. The Hall–Kier alpha value is -2.81. The molecule has 0 rings (SSSR count). The highest BCUT2D eigenvalue weighted by Gasteiger charge is 2.22. The normalized spacial score (nSPS) is 13.7. The molecule has 0 bridgehead atoms. The second-order valence-electron chi connectivity index (χ2n) is 12.5. The average Bonchev–Trinajstić information content (AvgIpc) is 2.62. The molecule has 0 amide bonds. The smallest absolute Gasteiger partial charge is 0.306 e. The van der Waals surface area contributed by atoms with E-state index >= 15 is 0 Å². The van der Waals surface area contributed by atoms with E-state index in [9.17, 15) is 39.3 Å². The van der Waals surface area contributed by atoms with Crippen molar-refractivity contribution >= 4 is 29.8 Å². The van der Waals surface area contributed by atoms with Crippen LogP contribution in [0.3, 0.4) is 0 Å². The Balaban J connectivity index is -0.000000520. The third-order valence-electron chi connectivity index (χ3n) is 4.37. The van der Waals surface area contributed by atoms with Crippen LogP contribution in [-0.4, -0.2) is 150 Å². The lowest BCUT2D eigenvalue weighted by molar-refractivity contribution is -0.873. The molecule has 236 valence electrons. The minimum absolute atomic E-state index is 0.249. The number of nitrogens with zero attached hydrogens (tertiary/aromatic N) is 3. The SMILES string of the molecule is CC(=O)O[C@H](CC(=O)[O-])C[N+](C)(C)C.CCC(=O)O[C@H](CC(=O)[O-])C[N+](C)(C)C.C[N+](C)(C)C[C@H](O)CC(=O)[O-]. The van der Waals surface area contributed by atoms with Gasteiger partial charge in [0, 0.05) is 50.5 Å². The molecule has 0 aromatic rings. The molecule has 14 nitrogen and oxygen atoms in total. The van der Waals surface area contributed by atoms with Gasteiger partial charge in [-0.3, -0.25) is 9.59 Å². The van der Waals surface area contributed by atoms with Gasteiger partial charge >= 0.3 is 11.9 Å². The number of aliphatic carboxylic acids is 3. The number of esters is 2. The second-order valence-corrected chi connectivity index (χ2v) is 12.5. The maximum Gasteiger partial charge on any atom is 0.306 e. The fourth-order valence-electron chi connectivity index (χ4n) is 3.27. The van der Waals surface area contributed by atoms with Crippen molar-refractivity contribution in [1.82, 2.24) is 0 Å². The van der Waals surface area contributed by atoms with Crippen LogP contribution >= 0.6 is 0 Å². The molecule has 0 aromatic heterocycles. The lowest BCUT2D eigenvalue weighted by Gasteiger charge is -2.29. The first-order valence-electron chi connectivity index (χ1n) is 12.8. The average molecular weight is 582 g/mol. The van der Waals surface area contributed by atoms with Crippen LogP contribution < -0.4 is 15.3 Å². The van der Waals surface area contributed by atoms with Crippen LogP contribution in [0.25, 0.3) is 0 Å². The zero-order valence-corrected chi connectivity index (χ0v) is 26.1. The summed E-state index contributed by atoms with van der Waals surface area (Å²) in [6.07, 6.45) is -2.56. The van der Waals surface area contributed by atoms with Gasteiger partial charge in [0.1, 0.15) is 25.7 Å². The highest BCUT2D eigenvalue weighted by atomic mass is 16.5. The number of carbonyl (C=O) groups excluding carboxylic acids is 5. The standard InChI is InChI=1S/C10H19NO4.C9H17NO4.C7H15NO3/c1-5-10(14)15-8(6-9(12)13)7-11(2,3)4;1-7(11)14-8(5-9(12)13)6-10(2,3)4;1-8(2,3)5-6(9)4-7(10)11/h8H,5-7H2,1-4H3;8H,5-6H2,1-4H3;6,9H,4-5H2,1-3H3/t2*8-;6-/m111/s1. The molecular weight excluding hydrogens is 530 g/mol. The van der Waals surface area contributed by atoms with Crippen LogP contribution in [0.2, 0.25) is 0 Å². The van der Waals surface area contributed by atoms with Gasteiger partial charge in [0.05, 0.1) is 63.4 Å². The first-order valence-corrected chi connectivity index (χ1v) is 12.8. The number of aliphatic hydroxyl groups excluding tert-OH is 1. The quantitative estimate of drug-likeness (QED) is 0.147. The number of carboxylic acid groups (broad SMARTS) is 3. The number of ether oxygens (including phenoxy) is 2. The number of carboxylic acids is 3. The molecule has 0 saturated carbocycles. The Kier molecular flexibility index (Phi) is 20.1. The summed E-state index contributed by atoms with van der Waals surface area (Å²) in [5.74, 6) is -4.45. The van der Waals surface area contributed by atoms with E-state index in [1.165, 1.54) is 6.92 Å². The van der Waals surface area contributed by atoms with Gasteiger partial charge in [-0.2, -0.15) is 0 Å². The zero-order chi connectivity index (χ0) is 32.5. The first-order chi connectivity index (χ1) is 17.8. The third-order valence-corrected chi connectivity index (χ3v) is 4.37. The summed E-state index contributed by atoms with van der Waals surface area (Å²) >= 11 is 0. The largest absolute Gasteiger partial charge is 0.550 e. The van der Waals surface area contributed by atoms with Crippen molar-refractivity contribution < 1.29 is 67.3 Å². The van der Waals surface area contributed by atoms with Crippen LogP contribution in [0.4, 0.5) is 0 Å². The van der Waals surface area contributed by atoms with Gasteiger partial charge in [-0.25, -0.2) is 0 Å². The zero-order valence-electron chi connectivity index (χ0n) is 26.1. The molecule has 3 atom stereocenters. The van der Waals surface area contributed by atoms with Gasteiger partial charge in [0.15, 0.2) is 12.2 Å². The molecule has 14 heteroatoms. The number of carbonyl (C=O) groups is 5. The van der Waals surface area contributed by atoms with Gasteiger partial charge in [-0.15, -0.1) is 0 Å². The molecule has 0 aliphatic heterocycles. The summed E-state index contributed by atoms with van der Waals surface area (Å²) in [5.41, 5.74) is 0. The van der Waals surface area contributed by atoms with Crippen molar-refractivity contribution in [3.63, 3.8) is 0 Å². The number of rotatable bonds is 15. The Labute approximate surface area is 238 Å². The van der Waals surface area contributed by atoms with E-state index in [4.69, 9.17) is 14.6 Å². The van der Waals surface area contributed by atoms with Crippen LogP contribution in [0.5, 0.6) is 0 Å². The maximum atomic E-state index is 11.0. The minimum atomic E-state index is -1.20. The Morgan fingerprint density at radius 2 is 0.950 bits per heavy atom. The lowest BCUT2D eigenvalue weighted by Crippen LogP contribution is -2.45. The van der Waals surface area contributed by atoms with Crippen molar-refractivity contribution in [2.45, 2.75) is 57.8 Å². The molecule has 0 fully saturated rings. The van der Waals surface area contributed by atoms with Crippen LogP contribution in [0, 0.1) is 0 Å². The first kappa shape index (κ1) is 41.7. The van der Waals surface area contributed by atoms with Gasteiger partial charge in [0.25, 0.3) is 0 Å². The highest BCUT2D eigenvalue weighted by molar-refractivity contribution is 5.70. The predicted molar refractivity (Wildman–Crippen MR) is 139 cm³/mol. The molecule has 0 aromatic carbocycles. The fourth-order valence-corrected chi connectivity index (χ4v) is 3.27. The molecule has 1 N–H and O–H groups in total. The number of hydrogen-bond acceptors (Lipinski definition) is 11. The van der Waals surface area contributed by atoms with Crippen molar-refractivity contribution in [1.29, 1.82) is 0 Å². The van der Waals surface area contributed by atoms with E-state index < -0.39 is 42.2 Å². The van der Waals surface area contributed by atoms with Crippen LogP contribution in [-0.2, 0) is 33.4 Å². The monoisotopic (exact) mass is 581 g/mol. The molecule has 0 aliphatic rings. The van der Waals surface area contributed by atoms with E-state index in [-0.39, 0.29) is 31.7 Å². The topological polar surface area (TPSA) is 193 Å². The van der Waals surface area contributed by atoms with E-state index in [2.05, 4.69) is 0 Å². The van der Waals surface area contributed by atoms with E-state index in [1.807, 2.05) is 63.4 Å². The maximum absolute atomic E-state index is 11.0. The molecule has 0 radical (unpaired) electrons. The number of hydrogen-bond donors (Lipinski definition) is 1. The molecule has 0 heterocycles. The Morgan fingerprint density at radius 3 is 1.20 bits per heavy atom. The van der Waals surface area contributed by atoms with Gasteiger partial charge < -0.3 is 57.7 Å². The lowest BCUT2D eigenvalue weighted by atomic mass is 10.2. The molecule has 0 aliphatic carbocycles. The Morgan fingerprint density at radius 1 is 0.625 bits per heavy atom. The van der Waals surface area contributed by atoms with E-state index in [1.54, 1.807) is 6.92 Å². The fraction of sp³-hybridized carbons (Fsp3) is 0.808. The number of aliphatic hydroxyl groups is 1. The number of likely N-dealkylation sites (N-methyl/N-ethyl adjacent to an activating group) is 3. The third kappa shape index (κ3) is 35.2. The summed E-state index contributed by atoms with van der Waals surface area (Å²) in [6.45, 7) is 4.27. The van der Waals surface area contributed by atoms with Crippen LogP contribution in [0.1, 0.15) is 39.5 Å². The molecule has 40 heavy (non-hydrogen) atoms. The van der Waals surface area contributed by atoms with Crippen molar-refractivity contribution in [2.75, 3.05) is 83.1 Å².